The van der Waals surface area contributed by atoms with E-state index < -0.39 is 17.4 Å². The molecular weight excluding hydrogens is 421 g/mol. The highest BCUT2D eigenvalue weighted by Crippen LogP contribution is 2.31. The molecule has 0 aliphatic heterocycles. The molecule has 0 radical (unpaired) electrons. The summed E-state index contributed by atoms with van der Waals surface area (Å²) in [5.41, 5.74) is 12.4. The number of nitrogens with two attached hydrogens (primary N) is 2. The molecule has 6 N–H and O–H groups in total. The lowest BCUT2D eigenvalue weighted by Crippen LogP contribution is -2.49. The van der Waals surface area contributed by atoms with Crippen LogP contribution in [0.1, 0.15) is 37.7 Å². The number of amidine groups is 1. The van der Waals surface area contributed by atoms with Crippen LogP contribution in [0, 0.1) is 17.3 Å². The highest BCUT2D eigenvalue weighted by Gasteiger charge is 2.34. The third-order valence-electron chi connectivity index (χ3n) is 5.82. The van der Waals surface area contributed by atoms with Crippen LogP contribution in [0.15, 0.2) is 65.4 Å². The van der Waals surface area contributed by atoms with Crippen molar-refractivity contribution in [1.29, 1.82) is 5.26 Å². The van der Waals surface area contributed by atoms with Gasteiger partial charge in [-0.1, -0.05) is 30.3 Å². The van der Waals surface area contributed by atoms with Gasteiger partial charge in [0.1, 0.15) is 5.84 Å². The molecule has 1 heterocycles. The lowest BCUT2D eigenvalue weighted by atomic mass is 9.77. The molecule has 1 amide bonds. The van der Waals surface area contributed by atoms with E-state index in [-0.39, 0.29) is 23.5 Å². The number of hydrogen-bond acceptors (Lipinski definition) is 6. The minimum Gasteiger partial charge on any atom is -0.384 e. The van der Waals surface area contributed by atoms with Crippen LogP contribution in [0.25, 0.3) is 0 Å². The van der Waals surface area contributed by atoms with Gasteiger partial charge < -0.3 is 22.1 Å². The van der Waals surface area contributed by atoms with E-state index in [2.05, 4.69) is 38.8 Å². The zero-order valence-corrected chi connectivity index (χ0v) is 18.3. The highest BCUT2D eigenvalue weighted by molar-refractivity contribution is 6.20. The number of halogens is 1. The van der Waals surface area contributed by atoms with Crippen LogP contribution in [0.4, 0.5) is 10.1 Å². The first-order valence-corrected chi connectivity index (χ1v) is 10.8. The van der Waals surface area contributed by atoms with Crippen LogP contribution in [0.5, 0.6) is 0 Å². The van der Waals surface area contributed by atoms with E-state index in [1.54, 1.807) is 0 Å². The summed E-state index contributed by atoms with van der Waals surface area (Å²) in [7, 11) is 0. The van der Waals surface area contributed by atoms with E-state index in [9.17, 15) is 14.4 Å². The summed E-state index contributed by atoms with van der Waals surface area (Å²) in [6.45, 7) is 0.790. The summed E-state index contributed by atoms with van der Waals surface area (Å²) in [6.07, 6.45) is 6.17. The Morgan fingerprint density at radius 2 is 2.00 bits per heavy atom. The number of nitriles is 1. The molecule has 0 saturated heterocycles. The quantitative estimate of drug-likeness (QED) is 0.201. The molecule has 0 bridgehead atoms. The lowest BCUT2D eigenvalue weighted by molar-refractivity contribution is -0.114. The summed E-state index contributed by atoms with van der Waals surface area (Å²) < 4.78 is 13.3. The molecule has 9 heteroatoms. The summed E-state index contributed by atoms with van der Waals surface area (Å²) in [5, 5.41) is 16.2. The van der Waals surface area contributed by atoms with E-state index in [4.69, 9.17) is 11.5 Å². The number of rotatable bonds is 9. The van der Waals surface area contributed by atoms with Crippen molar-refractivity contribution in [3.05, 3.63) is 71.9 Å². The van der Waals surface area contributed by atoms with Gasteiger partial charge in [0.15, 0.2) is 0 Å². The number of aromatic nitrogens is 1. The molecular formula is C24H28FN7O. The van der Waals surface area contributed by atoms with Gasteiger partial charge in [-0.3, -0.25) is 4.79 Å². The number of benzene rings is 1. The van der Waals surface area contributed by atoms with Gasteiger partial charge in [-0.05, 0) is 37.3 Å². The standard InChI is InChI=1S/C24H28FN7O/c25-21-14-19(8-13-29-21)32-22(27)20(23(28)33)16-31-24(11-12-26)9-6-18(7-10-24)30-15-17-4-2-1-3-5-17/h1-5,8,13-14,16,18,30-31H,6-7,9-11,15H2,(H2,28,33)(H2,27,29,32)/b20-16+. The maximum absolute atomic E-state index is 13.3. The van der Waals surface area contributed by atoms with Crippen molar-refractivity contribution in [3.63, 3.8) is 0 Å². The minimum absolute atomic E-state index is 0.0335. The van der Waals surface area contributed by atoms with E-state index in [1.807, 2.05) is 18.2 Å². The van der Waals surface area contributed by atoms with Crippen LogP contribution in [0.2, 0.25) is 0 Å². The van der Waals surface area contributed by atoms with Crippen LogP contribution >= 0.6 is 0 Å². The number of nitrogens with one attached hydrogen (secondary N) is 2. The Hall–Kier alpha value is -3.77. The zero-order chi connectivity index (χ0) is 23.7. The number of amides is 1. The summed E-state index contributed by atoms with van der Waals surface area (Å²) >= 11 is 0. The first-order chi connectivity index (χ1) is 15.9. The van der Waals surface area contributed by atoms with Gasteiger partial charge in [-0.15, -0.1) is 0 Å². The highest BCUT2D eigenvalue weighted by atomic mass is 19.1. The molecule has 0 unspecified atom stereocenters. The van der Waals surface area contributed by atoms with Gasteiger partial charge in [0, 0.05) is 36.6 Å². The zero-order valence-electron chi connectivity index (χ0n) is 18.3. The molecule has 1 aromatic carbocycles. The van der Waals surface area contributed by atoms with Crippen LogP contribution in [0.3, 0.4) is 0 Å². The third-order valence-corrected chi connectivity index (χ3v) is 5.82. The Morgan fingerprint density at radius 3 is 2.64 bits per heavy atom. The van der Waals surface area contributed by atoms with Crippen molar-refractivity contribution < 1.29 is 9.18 Å². The van der Waals surface area contributed by atoms with Crippen molar-refractivity contribution in [2.45, 2.75) is 50.2 Å². The van der Waals surface area contributed by atoms with E-state index in [0.717, 1.165) is 38.3 Å². The Labute approximate surface area is 192 Å². The third kappa shape index (κ3) is 6.85. The smallest absolute Gasteiger partial charge is 0.253 e. The van der Waals surface area contributed by atoms with Crippen molar-refractivity contribution >= 4 is 17.4 Å². The first kappa shape index (κ1) is 23.9. The van der Waals surface area contributed by atoms with E-state index in [1.165, 1.54) is 24.0 Å². The maximum atomic E-state index is 13.3. The summed E-state index contributed by atoms with van der Waals surface area (Å²) in [5.74, 6) is -1.63. The molecule has 3 rings (SSSR count). The average Bonchev–Trinajstić information content (AvgIpc) is 2.79. The second-order valence-corrected chi connectivity index (χ2v) is 8.16. The van der Waals surface area contributed by atoms with Gasteiger partial charge in [-0.2, -0.15) is 9.65 Å². The topological polar surface area (TPSA) is 142 Å². The fourth-order valence-corrected chi connectivity index (χ4v) is 3.91. The van der Waals surface area contributed by atoms with Crippen molar-refractivity contribution in [1.82, 2.24) is 15.6 Å². The summed E-state index contributed by atoms with van der Waals surface area (Å²) in [6, 6.07) is 15.3. The second kappa shape index (κ2) is 11.2. The maximum Gasteiger partial charge on any atom is 0.253 e. The summed E-state index contributed by atoms with van der Waals surface area (Å²) in [4.78, 5) is 19.5. The fraction of sp³-hybridized carbons (Fsp3) is 0.333. The van der Waals surface area contributed by atoms with Crippen molar-refractivity contribution in [2.75, 3.05) is 0 Å². The molecule has 8 nitrogen and oxygen atoms in total. The predicted octanol–water partition coefficient (Wildman–Crippen LogP) is 2.55. The number of pyridine rings is 1. The average molecular weight is 450 g/mol. The molecule has 1 fully saturated rings. The van der Waals surface area contributed by atoms with Gasteiger partial charge in [0.05, 0.1) is 23.8 Å². The van der Waals surface area contributed by atoms with Gasteiger partial charge >= 0.3 is 0 Å². The number of carbonyl (C=O) groups is 1. The molecule has 1 aliphatic rings. The monoisotopic (exact) mass is 449 g/mol. The van der Waals surface area contributed by atoms with E-state index >= 15 is 0 Å². The Bertz CT molecular complexity index is 1050. The largest absolute Gasteiger partial charge is 0.384 e. The van der Waals surface area contributed by atoms with Crippen molar-refractivity contribution in [2.24, 2.45) is 16.5 Å². The van der Waals surface area contributed by atoms with Crippen LogP contribution in [-0.2, 0) is 11.3 Å². The second-order valence-electron chi connectivity index (χ2n) is 8.16. The number of aliphatic imine (C=N–C) groups is 1. The molecule has 2 aromatic rings. The van der Waals surface area contributed by atoms with Crippen LogP contribution in [-0.4, -0.2) is 28.3 Å². The van der Waals surface area contributed by atoms with Gasteiger partial charge in [0.2, 0.25) is 5.95 Å². The number of carbonyl (C=O) groups excluding carboxylic acids is 1. The molecule has 1 saturated carbocycles. The van der Waals surface area contributed by atoms with Crippen LogP contribution < -0.4 is 22.1 Å². The van der Waals surface area contributed by atoms with Crippen molar-refractivity contribution in [3.8, 4) is 6.07 Å². The Kier molecular flexibility index (Phi) is 8.11. The number of nitrogens with zero attached hydrogens (tertiary/aromatic N) is 3. The number of primary amides is 1. The molecule has 33 heavy (non-hydrogen) atoms. The Balaban J connectivity index is 1.67. The first-order valence-electron chi connectivity index (χ1n) is 10.8. The normalized spacial score (nSPS) is 21.3. The molecule has 0 atom stereocenters. The fourth-order valence-electron chi connectivity index (χ4n) is 3.91. The SMILES string of the molecule is N#CCC1(N/C=C(/C(N)=O)C(N)=Nc2ccnc(F)c2)CCC(NCc2ccccc2)CC1. The number of hydrogen-bond donors (Lipinski definition) is 4. The van der Waals surface area contributed by atoms with Gasteiger partial charge in [0.25, 0.3) is 5.91 Å². The minimum atomic E-state index is -0.774. The predicted molar refractivity (Wildman–Crippen MR) is 124 cm³/mol. The molecule has 1 aliphatic carbocycles. The van der Waals surface area contributed by atoms with Gasteiger partial charge in [-0.25, -0.2) is 9.98 Å². The molecule has 172 valence electrons. The molecule has 1 aromatic heterocycles. The molecule has 0 spiro atoms. The Morgan fingerprint density at radius 1 is 1.27 bits per heavy atom. The lowest BCUT2D eigenvalue weighted by Gasteiger charge is -2.39. The van der Waals surface area contributed by atoms with E-state index in [0.29, 0.717) is 6.04 Å².